The Morgan fingerprint density at radius 1 is 1.00 bits per heavy atom. The van der Waals surface area contributed by atoms with Crippen molar-refractivity contribution in [2.24, 2.45) is 5.92 Å². The number of aromatic nitrogens is 2. The molecule has 5 rings (SSSR count). The molecule has 2 aromatic carbocycles. The third kappa shape index (κ3) is 5.41. The maximum absolute atomic E-state index is 13.6. The molecule has 0 bridgehead atoms. The summed E-state index contributed by atoms with van der Waals surface area (Å²) in [7, 11) is 0. The first-order valence-corrected chi connectivity index (χ1v) is 13.3. The van der Waals surface area contributed by atoms with E-state index < -0.39 is 0 Å². The zero-order valence-electron chi connectivity index (χ0n) is 20.4. The zero-order valence-corrected chi connectivity index (χ0v) is 21.2. The van der Waals surface area contributed by atoms with E-state index in [9.17, 15) is 9.59 Å². The van der Waals surface area contributed by atoms with Crippen molar-refractivity contribution in [1.29, 1.82) is 0 Å². The van der Waals surface area contributed by atoms with E-state index >= 15 is 0 Å². The Kier molecular flexibility index (Phi) is 7.28. The van der Waals surface area contributed by atoms with Crippen LogP contribution in [0.4, 0.5) is 0 Å². The molecule has 0 radical (unpaired) electrons. The summed E-state index contributed by atoms with van der Waals surface area (Å²) in [6.45, 7) is 3.82. The molecule has 3 heterocycles. The highest BCUT2D eigenvalue weighted by molar-refractivity contribution is 7.09. The number of amides is 2. The Morgan fingerprint density at radius 3 is 2.44 bits per heavy atom. The fourth-order valence-electron chi connectivity index (χ4n) is 4.59. The smallest absolute Gasteiger partial charge is 0.257 e. The number of likely N-dealkylation sites (tertiary alicyclic amines) is 1. The largest absolute Gasteiger partial charge is 0.355 e. The van der Waals surface area contributed by atoms with E-state index in [4.69, 9.17) is 5.10 Å². The van der Waals surface area contributed by atoms with Crippen LogP contribution < -0.4 is 5.32 Å². The van der Waals surface area contributed by atoms with Gasteiger partial charge in [-0.15, -0.1) is 11.3 Å². The maximum atomic E-state index is 13.6. The number of nitrogens with zero attached hydrogens (tertiary/aromatic N) is 3. The van der Waals surface area contributed by atoms with E-state index in [2.05, 4.69) is 16.8 Å². The molecule has 0 spiro atoms. The van der Waals surface area contributed by atoms with Crippen LogP contribution in [0.15, 0.2) is 78.3 Å². The van der Waals surface area contributed by atoms with Gasteiger partial charge in [-0.1, -0.05) is 54.1 Å². The van der Waals surface area contributed by atoms with E-state index in [1.807, 2.05) is 78.7 Å². The van der Waals surface area contributed by atoms with Gasteiger partial charge >= 0.3 is 0 Å². The lowest BCUT2D eigenvalue weighted by Gasteiger charge is -2.31. The molecular weight excluding hydrogens is 468 g/mol. The highest BCUT2D eigenvalue weighted by atomic mass is 32.1. The fraction of sp³-hybridized carbons (Fsp3) is 0.276. The number of hydrogen-bond donors (Lipinski definition) is 1. The average Bonchev–Trinajstić information content (AvgIpc) is 3.60. The van der Waals surface area contributed by atoms with Gasteiger partial charge in [-0.2, -0.15) is 5.10 Å². The molecule has 184 valence electrons. The monoisotopic (exact) mass is 498 g/mol. The lowest BCUT2D eigenvalue weighted by Crippen LogP contribution is -2.43. The molecule has 0 atom stereocenters. The molecule has 1 aliphatic heterocycles. The van der Waals surface area contributed by atoms with E-state index in [-0.39, 0.29) is 17.7 Å². The summed E-state index contributed by atoms with van der Waals surface area (Å²) in [5.74, 6) is 0.000787. The quantitative estimate of drug-likeness (QED) is 0.385. The molecule has 0 saturated carbocycles. The minimum atomic E-state index is -0.0544. The first kappa shape index (κ1) is 24.0. The lowest BCUT2D eigenvalue weighted by molar-refractivity contribution is -0.126. The topological polar surface area (TPSA) is 67.2 Å². The van der Waals surface area contributed by atoms with Gasteiger partial charge in [0, 0.05) is 42.2 Å². The predicted octanol–water partition coefficient (Wildman–Crippen LogP) is 5.12. The maximum Gasteiger partial charge on any atom is 0.257 e. The number of rotatable bonds is 7. The Morgan fingerprint density at radius 2 is 1.75 bits per heavy atom. The number of aryl methyl sites for hydroxylation is 1. The normalized spacial score (nSPS) is 14.1. The van der Waals surface area contributed by atoms with E-state index in [0.29, 0.717) is 43.7 Å². The van der Waals surface area contributed by atoms with Crippen molar-refractivity contribution in [2.75, 3.05) is 19.6 Å². The SMILES string of the molecule is Cc1ccc(-n2cc(C(=O)N3CCC(C(=O)NCCc4cccs4)CC3)c(-c3ccccc3)n2)cc1. The first-order valence-electron chi connectivity index (χ1n) is 12.4. The predicted molar refractivity (Wildman–Crippen MR) is 143 cm³/mol. The van der Waals surface area contributed by atoms with Gasteiger partial charge in [0.15, 0.2) is 0 Å². The van der Waals surface area contributed by atoms with Crippen molar-refractivity contribution in [1.82, 2.24) is 20.0 Å². The van der Waals surface area contributed by atoms with Crippen LogP contribution in [0.25, 0.3) is 16.9 Å². The van der Waals surface area contributed by atoms with Crippen molar-refractivity contribution in [2.45, 2.75) is 26.2 Å². The van der Waals surface area contributed by atoms with Crippen LogP contribution in [0, 0.1) is 12.8 Å². The summed E-state index contributed by atoms with van der Waals surface area (Å²) in [6, 6.07) is 22.0. The highest BCUT2D eigenvalue weighted by Gasteiger charge is 2.30. The fourth-order valence-corrected chi connectivity index (χ4v) is 5.30. The summed E-state index contributed by atoms with van der Waals surface area (Å²) >= 11 is 1.71. The van der Waals surface area contributed by atoms with Gasteiger partial charge in [0.1, 0.15) is 5.69 Å². The van der Waals surface area contributed by atoms with Gasteiger partial charge in [0.25, 0.3) is 5.91 Å². The third-order valence-electron chi connectivity index (χ3n) is 6.69. The van der Waals surface area contributed by atoms with Crippen LogP contribution in [0.3, 0.4) is 0 Å². The molecule has 1 fully saturated rings. The number of piperidine rings is 1. The molecule has 1 N–H and O–H groups in total. The van der Waals surface area contributed by atoms with Crippen molar-refractivity contribution in [3.05, 3.63) is 94.3 Å². The molecule has 0 unspecified atom stereocenters. The molecule has 36 heavy (non-hydrogen) atoms. The second-order valence-electron chi connectivity index (χ2n) is 9.22. The van der Waals surface area contributed by atoms with E-state index in [0.717, 1.165) is 17.7 Å². The lowest BCUT2D eigenvalue weighted by atomic mass is 9.95. The third-order valence-corrected chi connectivity index (χ3v) is 7.63. The van der Waals surface area contributed by atoms with Crippen LogP contribution in [0.1, 0.15) is 33.6 Å². The number of nitrogens with one attached hydrogen (secondary N) is 1. The minimum absolute atomic E-state index is 0.0382. The number of benzene rings is 2. The molecule has 0 aliphatic carbocycles. The van der Waals surface area contributed by atoms with Crippen LogP contribution in [-0.2, 0) is 11.2 Å². The first-order chi connectivity index (χ1) is 17.6. The minimum Gasteiger partial charge on any atom is -0.355 e. The average molecular weight is 499 g/mol. The molecule has 1 saturated heterocycles. The Balaban J connectivity index is 1.27. The number of hydrogen-bond acceptors (Lipinski definition) is 4. The molecule has 7 heteroatoms. The summed E-state index contributed by atoms with van der Waals surface area (Å²) in [4.78, 5) is 29.5. The standard InChI is InChI=1S/C29H30N4O2S/c1-21-9-11-24(12-10-21)33-20-26(27(31-33)22-6-3-2-4-7-22)29(35)32-17-14-23(15-18-32)28(34)30-16-13-25-8-5-19-36-25/h2-12,19-20,23H,13-18H2,1H3,(H,30,34). The summed E-state index contributed by atoms with van der Waals surface area (Å²) in [5.41, 5.74) is 4.25. The van der Waals surface area contributed by atoms with Gasteiger partial charge in [-0.05, 0) is 49.8 Å². The van der Waals surface area contributed by atoms with Crippen LogP contribution >= 0.6 is 11.3 Å². The summed E-state index contributed by atoms with van der Waals surface area (Å²) in [6.07, 6.45) is 4.03. The Labute approximate surface area is 215 Å². The van der Waals surface area contributed by atoms with Gasteiger partial charge in [0.2, 0.25) is 5.91 Å². The molecular formula is C29H30N4O2S. The molecule has 1 aliphatic rings. The Hall–Kier alpha value is -3.71. The second-order valence-corrected chi connectivity index (χ2v) is 10.3. The van der Waals surface area contributed by atoms with Gasteiger partial charge in [0.05, 0.1) is 11.3 Å². The zero-order chi connectivity index (χ0) is 24.9. The van der Waals surface area contributed by atoms with Crippen LogP contribution in [0.2, 0.25) is 0 Å². The van der Waals surface area contributed by atoms with Crippen molar-refractivity contribution in [3.8, 4) is 16.9 Å². The second kappa shape index (κ2) is 10.9. The number of carbonyl (C=O) groups excluding carboxylic acids is 2. The van der Waals surface area contributed by atoms with Crippen molar-refractivity contribution in [3.63, 3.8) is 0 Å². The van der Waals surface area contributed by atoms with Gasteiger partial charge < -0.3 is 10.2 Å². The highest BCUT2D eigenvalue weighted by Crippen LogP contribution is 2.27. The summed E-state index contributed by atoms with van der Waals surface area (Å²) < 4.78 is 1.78. The Bertz CT molecular complexity index is 1310. The van der Waals surface area contributed by atoms with Gasteiger partial charge in [-0.25, -0.2) is 4.68 Å². The van der Waals surface area contributed by atoms with Crippen LogP contribution in [-0.4, -0.2) is 46.1 Å². The molecule has 4 aromatic rings. The number of thiophene rings is 1. The summed E-state index contributed by atoms with van der Waals surface area (Å²) in [5, 5.41) is 9.93. The molecule has 2 aromatic heterocycles. The van der Waals surface area contributed by atoms with Crippen molar-refractivity contribution < 1.29 is 9.59 Å². The molecule has 6 nitrogen and oxygen atoms in total. The van der Waals surface area contributed by atoms with Crippen molar-refractivity contribution >= 4 is 23.2 Å². The van der Waals surface area contributed by atoms with E-state index in [1.165, 1.54) is 10.4 Å². The van der Waals surface area contributed by atoms with Gasteiger partial charge in [-0.3, -0.25) is 9.59 Å². The van der Waals surface area contributed by atoms with Crippen LogP contribution in [0.5, 0.6) is 0 Å². The number of carbonyl (C=O) groups is 2. The molecule has 2 amide bonds. The van der Waals surface area contributed by atoms with E-state index in [1.54, 1.807) is 16.0 Å².